The molecule has 27 heavy (non-hydrogen) atoms. The lowest BCUT2D eigenvalue weighted by Crippen LogP contribution is -2.39. The first-order valence-corrected chi connectivity index (χ1v) is 10.3. The van der Waals surface area contributed by atoms with E-state index >= 15 is 0 Å². The molecule has 5 nitrogen and oxygen atoms in total. The first-order valence-electron chi connectivity index (χ1n) is 8.76. The van der Waals surface area contributed by atoms with Crippen LogP contribution in [0.15, 0.2) is 64.4 Å². The number of nitrogens with zero attached hydrogens (tertiary/aromatic N) is 1. The molecule has 1 aliphatic rings. The van der Waals surface area contributed by atoms with Crippen LogP contribution in [-0.4, -0.2) is 14.3 Å². The van der Waals surface area contributed by atoms with Gasteiger partial charge in [0.1, 0.15) is 0 Å². The van der Waals surface area contributed by atoms with Gasteiger partial charge in [-0.3, -0.25) is 4.79 Å². The molecule has 0 radical (unpaired) electrons. The molecular formula is C21H24N2O3S. The molecule has 142 valence electrons. The zero-order valence-electron chi connectivity index (χ0n) is 15.8. The summed E-state index contributed by atoms with van der Waals surface area (Å²) >= 11 is 0. The van der Waals surface area contributed by atoms with Crippen LogP contribution in [0.4, 0.5) is 0 Å². The number of rotatable bonds is 6. The number of nitriles is 1. The Kier molecular flexibility index (Phi) is 6.40. The average molecular weight is 385 g/mol. The maximum Gasteiger partial charge on any atom is 0.230 e. The van der Waals surface area contributed by atoms with Gasteiger partial charge >= 0.3 is 0 Å². The molecule has 6 heteroatoms. The minimum atomic E-state index is -3.58. The van der Waals surface area contributed by atoms with Crippen molar-refractivity contribution in [3.05, 3.63) is 70.0 Å². The van der Waals surface area contributed by atoms with Gasteiger partial charge in [-0.2, -0.15) is 5.26 Å². The van der Waals surface area contributed by atoms with Crippen LogP contribution in [0.25, 0.3) is 0 Å². The Labute approximate surface area is 161 Å². The summed E-state index contributed by atoms with van der Waals surface area (Å²) < 4.78 is 24.2. The number of carbonyl (C=O) groups excluding carboxylic acids is 1. The second-order valence-electron chi connectivity index (χ2n) is 7.03. The van der Waals surface area contributed by atoms with Crippen LogP contribution in [0.1, 0.15) is 45.2 Å². The summed E-state index contributed by atoms with van der Waals surface area (Å²) in [6.07, 6.45) is 4.99. The quantitative estimate of drug-likeness (QED) is 0.753. The summed E-state index contributed by atoms with van der Waals surface area (Å²) in [6.45, 7) is 5.62. The topological polar surface area (TPSA) is 87.0 Å². The fraction of sp³-hybridized carbons (Fsp3) is 0.333. The molecule has 0 saturated heterocycles. The Morgan fingerprint density at radius 3 is 2.44 bits per heavy atom. The molecular weight excluding hydrogens is 360 g/mol. The van der Waals surface area contributed by atoms with Crippen LogP contribution in [0.3, 0.4) is 0 Å². The molecule has 0 heterocycles. The Bertz CT molecular complexity index is 933. The van der Waals surface area contributed by atoms with Gasteiger partial charge in [0, 0.05) is 16.4 Å². The zero-order valence-corrected chi connectivity index (χ0v) is 16.6. The fourth-order valence-corrected chi connectivity index (χ4v) is 3.99. The highest BCUT2D eigenvalue weighted by molar-refractivity contribution is 7.98. The van der Waals surface area contributed by atoms with Gasteiger partial charge in [0.05, 0.1) is 17.5 Å². The Hall–Kier alpha value is -2.65. The number of benzene rings is 1. The molecule has 0 unspecified atom stereocenters. The van der Waals surface area contributed by atoms with Crippen LogP contribution in [0, 0.1) is 16.7 Å². The van der Waals surface area contributed by atoms with Gasteiger partial charge in [-0.1, -0.05) is 42.0 Å². The van der Waals surface area contributed by atoms with Crippen LogP contribution in [0.2, 0.25) is 0 Å². The van der Waals surface area contributed by atoms with E-state index in [0.717, 1.165) is 22.6 Å². The van der Waals surface area contributed by atoms with Crippen LogP contribution in [0.5, 0.6) is 0 Å². The molecule has 0 aliphatic heterocycles. The third-order valence-corrected chi connectivity index (χ3v) is 6.38. The van der Waals surface area contributed by atoms with Crippen LogP contribution >= 0.6 is 0 Å². The van der Waals surface area contributed by atoms with E-state index in [1.54, 1.807) is 12.1 Å². The molecule has 0 aromatic heterocycles. The molecule has 0 bridgehead atoms. The van der Waals surface area contributed by atoms with Crippen molar-refractivity contribution in [1.82, 2.24) is 5.32 Å². The Morgan fingerprint density at radius 2 is 1.89 bits per heavy atom. The van der Waals surface area contributed by atoms with Gasteiger partial charge in [0.2, 0.25) is 5.91 Å². The molecule has 1 N–H and O–H groups in total. The van der Waals surface area contributed by atoms with Gasteiger partial charge in [-0.15, -0.1) is 0 Å². The number of hydrogen-bond donors (Lipinski definition) is 1. The summed E-state index contributed by atoms with van der Waals surface area (Å²) in [5.74, 6) is -0.103. The van der Waals surface area contributed by atoms with Gasteiger partial charge in [-0.05, 0) is 45.3 Å². The third kappa shape index (κ3) is 4.95. The lowest BCUT2D eigenvalue weighted by molar-refractivity contribution is -0.128. The van der Waals surface area contributed by atoms with E-state index in [2.05, 4.69) is 5.32 Å². The van der Waals surface area contributed by atoms with E-state index in [1.807, 2.05) is 51.1 Å². The van der Waals surface area contributed by atoms with Gasteiger partial charge in [0.25, 0.3) is 0 Å². The largest absolute Gasteiger partial charge is 0.349 e. The van der Waals surface area contributed by atoms with Gasteiger partial charge < -0.3 is 5.32 Å². The fourth-order valence-electron chi connectivity index (χ4n) is 2.93. The van der Waals surface area contributed by atoms with Crippen molar-refractivity contribution >= 4 is 15.7 Å². The maximum atomic E-state index is 12.8. The van der Waals surface area contributed by atoms with E-state index in [0.29, 0.717) is 12.8 Å². The minimum Gasteiger partial charge on any atom is -0.349 e. The first-order chi connectivity index (χ1) is 12.7. The highest BCUT2D eigenvalue weighted by Gasteiger charge is 2.34. The number of nitrogens with one attached hydrogen (secondary N) is 1. The molecule has 0 fully saturated rings. The van der Waals surface area contributed by atoms with Crippen molar-refractivity contribution in [2.75, 3.05) is 0 Å². The number of allylic oxidation sites excluding steroid dienone is 4. The highest BCUT2D eigenvalue weighted by atomic mass is 32.2. The summed E-state index contributed by atoms with van der Waals surface area (Å²) in [4.78, 5) is 13.1. The zero-order chi connectivity index (χ0) is 20.1. The third-order valence-electron chi connectivity index (χ3n) is 4.82. The molecule has 1 aromatic rings. The molecule has 0 spiro atoms. The molecule has 0 saturated carbocycles. The summed E-state index contributed by atoms with van der Waals surface area (Å²) in [5.41, 5.74) is 1.15. The van der Waals surface area contributed by atoms with Crippen molar-refractivity contribution in [1.29, 1.82) is 5.26 Å². The van der Waals surface area contributed by atoms with Crippen molar-refractivity contribution in [3.8, 4) is 6.07 Å². The van der Waals surface area contributed by atoms with Crippen LogP contribution < -0.4 is 5.32 Å². The molecule has 1 atom stereocenters. The Balaban J connectivity index is 2.16. The van der Waals surface area contributed by atoms with E-state index in [-0.39, 0.29) is 16.9 Å². The lowest BCUT2D eigenvalue weighted by Gasteiger charge is -2.30. The highest BCUT2D eigenvalue weighted by Crippen LogP contribution is 2.36. The van der Waals surface area contributed by atoms with Gasteiger partial charge in [-0.25, -0.2) is 8.42 Å². The monoisotopic (exact) mass is 384 g/mol. The van der Waals surface area contributed by atoms with E-state index in [1.165, 1.54) is 6.08 Å². The van der Waals surface area contributed by atoms with E-state index < -0.39 is 15.3 Å². The van der Waals surface area contributed by atoms with E-state index in [9.17, 15) is 13.2 Å². The van der Waals surface area contributed by atoms with Gasteiger partial charge in [0.15, 0.2) is 9.84 Å². The number of amides is 1. The minimum absolute atomic E-state index is 0.103. The van der Waals surface area contributed by atoms with Crippen molar-refractivity contribution in [3.63, 3.8) is 0 Å². The van der Waals surface area contributed by atoms with E-state index in [4.69, 9.17) is 5.26 Å². The lowest BCUT2D eigenvalue weighted by atomic mass is 9.79. The van der Waals surface area contributed by atoms with Crippen molar-refractivity contribution in [2.24, 2.45) is 5.41 Å². The number of hydrogen-bond acceptors (Lipinski definition) is 4. The molecule has 1 aliphatic carbocycles. The summed E-state index contributed by atoms with van der Waals surface area (Å²) in [6, 6.07) is 11.3. The van der Waals surface area contributed by atoms with Crippen molar-refractivity contribution in [2.45, 2.75) is 39.7 Å². The summed E-state index contributed by atoms with van der Waals surface area (Å²) in [7, 11) is -3.58. The SMILES string of the molecule is C[C@@H](NC(=O)C(C)(C)C1=CC=C(S(=O)(=O)/C=C/C#N)CC1)c1ccccc1. The average Bonchev–Trinajstić information content (AvgIpc) is 2.67. The number of carbonyl (C=O) groups is 1. The smallest absolute Gasteiger partial charge is 0.230 e. The standard InChI is InChI=1S/C21H24N2O3S/c1-16(17-8-5-4-6-9-17)23-20(24)21(2,3)18-10-12-19(13-11-18)27(25,26)15-7-14-22/h4-10,12,15-16H,11,13H2,1-3H3,(H,23,24)/b15-7+/t16-/m1/s1. The first kappa shape index (κ1) is 20.7. The normalized spacial score (nSPS) is 16.2. The maximum absolute atomic E-state index is 12.8. The predicted octanol–water partition coefficient (Wildman–Crippen LogP) is 3.95. The molecule has 1 amide bonds. The second-order valence-corrected chi connectivity index (χ2v) is 8.92. The number of sulfone groups is 1. The summed E-state index contributed by atoms with van der Waals surface area (Å²) in [5, 5.41) is 12.5. The second kappa shape index (κ2) is 8.36. The van der Waals surface area contributed by atoms with Crippen molar-refractivity contribution < 1.29 is 13.2 Å². The molecule has 2 rings (SSSR count). The molecule has 1 aromatic carbocycles. The Morgan fingerprint density at radius 1 is 1.22 bits per heavy atom. The predicted molar refractivity (Wildman–Crippen MR) is 106 cm³/mol. The van der Waals surface area contributed by atoms with Crippen LogP contribution in [-0.2, 0) is 14.6 Å².